The van der Waals surface area contributed by atoms with E-state index in [2.05, 4.69) is 34.3 Å². The third kappa shape index (κ3) is 3.75. The molecule has 0 aliphatic rings. The standard InChI is InChI=1S/C19H23N3O2S/c1-5-24-15-8-6-14(7-9-15)16-12(2)25-19-17(16)18(20-10-11-23-4)21-13(3)22-19/h6-9H,5,10-11H2,1-4H3,(H,20,21,22). The van der Waals surface area contributed by atoms with Gasteiger partial charge in [-0.1, -0.05) is 12.1 Å². The number of methoxy groups -OCH3 is 1. The highest BCUT2D eigenvalue weighted by Crippen LogP contribution is 2.41. The van der Waals surface area contributed by atoms with Crippen molar-refractivity contribution in [2.75, 3.05) is 32.2 Å². The molecule has 0 saturated carbocycles. The van der Waals surface area contributed by atoms with Crippen molar-refractivity contribution in [1.82, 2.24) is 9.97 Å². The summed E-state index contributed by atoms with van der Waals surface area (Å²) in [5, 5.41) is 4.47. The molecule has 2 heterocycles. The highest BCUT2D eigenvalue weighted by molar-refractivity contribution is 7.19. The van der Waals surface area contributed by atoms with Gasteiger partial charge in [-0.15, -0.1) is 11.3 Å². The van der Waals surface area contributed by atoms with E-state index < -0.39 is 0 Å². The number of ether oxygens (including phenoxy) is 2. The molecule has 1 N–H and O–H groups in total. The zero-order valence-electron chi connectivity index (χ0n) is 15.0. The molecule has 0 spiro atoms. The molecule has 25 heavy (non-hydrogen) atoms. The Balaban J connectivity index is 2.08. The summed E-state index contributed by atoms with van der Waals surface area (Å²) in [6.07, 6.45) is 0. The van der Waals surface area contributed by atoms with E-state index >= 15 is 0 Å². The van der Waals surface area contributed by atoms with E-state index in [9.17, 15) is 0 Å². The Hall–Kier alpha value is -2.18. The third-order valence-corrected chi connectivity index (χ3v) is 4.89. The number of thiophene rings is 1. The van der Waals surface area contributed by atoms with Crippen molar-refractivity contribution in [2.45, 2.75) is 20.8 Å². The number of aryl methyl sites for hydroxylation is 2. The first-order chi connectivity index (χ1) is 12.1. The van der Waals surface area contributed by atoms with Gasteiger partial charge in [-0.3, -0.25) is 0 Å². The zero-order valence-corrected chi connectivity index (χ0v) is 15.9. The van der Waals surface area contributed by atoms with Crippen molar-refractivity contribution in [2.24, 2.45) is 0 Å². The summed E-state index contributed by atoms with van der Waals surface area (Å²) in [5.41, 5.74) is 2.33. The molecular formula is C19H23N3O2S. The van der Waals surface area contributed by atoms with Crippen molar-refractivity contribution in [1.29, 1.82) is 0 Å². The molecule has 0 unspecified atom stereocenters. The van der Waals surface area contributed by atoms with Gasteiger partial charge in [-0.25, -0.2) is 9.97 Å². The van der Waals surface area contributed by atoms with Crippen LogP contribution in [0.5, 0.6) is 5.75 Å². The van der Waals surface area contributed by atoms with Crippen LogP contribution in [0.25, 0.3) is 21.3 Å². The summed E-state index contributed by atoms with van der Waals surface area (Å²) in [4.78, 5) is 11.5. The number of benzene rings is 1. The van der Waals surface area contributed by atoms with Crippen molar-refractivity contribution in [3.63, 3.8) is 0 Å². The van der Waals surface area contributed by atoms with Gasteiger partial charge in [0.15, 0.2) is 0 Å². The second-order valence-corrected chi connectivity index (χ2v) is 6.91. The van der Waals surface area contributed by atoms with Crippen LogP contribution in [0.2, 0.25) is 0 Å². The number of rotatable bonds is 7. The normalized spacial score (nSPS) is 11.0. The first kappa shape index (κ1) is 17.6. The zero-order chi connectivity index (χ0) is 17.8. The van der Waals surface area contributed by atoms with Crippen LogP contribution < -0.4 is 10.1 Å². The van der Waals surface area contributed by atoms with Crippen molar-refractivity contribution >= 4 is 27.4 Å². The summed E-state index contributed by atoms with van der Waals surface area (Å²) < 4.78 is 10.7. The maximum atomic E-state index is 5.55. The molecule has 0 aliphatic heterocycles. The van der Waals surface area contributed by atoms with Crippen LogP contribution in [0.1, 0.15) is 17.6 Å². The van der Waals surface area contributed by atoms with Crippen LogP contribution in [0.4, 0.5) is 5.82 Å². The Bertz CT molecular complexity index is 859. The highest BCUT2D eigenvalue weighted by Gasteiger charge is 2.17. The summed E-state index contributed by atoms with van der Waals surface area (Å²) in [6.45, 7) is 8.05. The Morgan fingerprint density at radius 2 is 1.88 bits per heavy atom. The molecule has 1 aromatic carbocycles. The number of hydrogen-bond acceptors (Lipinski definition) is 6. The van der Waals surface area contributed by atoms with E-state index in [0.29, 0.717) is 19.8 Å². The van der Waals surface area contributed by atoms with Gasteiger partial charge in [0, 0.05) is 24.1 Å². The minimum absolute atomic E-state index is 0.631. The molecule has 5 nitrogen and oxygen atoms in total. The fraction of sp³-hybridized carbons (Fsp3) is 0.368. The summed E-state index contributed by atoms with van der Waals surface area (Å²) in [7, 11) is 1.70. The summed E-state index contributed by atoms with van der Waals surface area (Å²) in [6, 6.07) is 8.21. The van der Waals surface area contributed by atoms with Gasteiger partial charge >= 0.3 is 0 Å². The molecule has 0 bridgehead atoms. The van der Waals surface area contributed by atoms with Crippen LogP contribution in [0.3, 0.4) is 0 Å². The fourth-order valence-electron chi connectivity index (χ4n) is 2.85. The molecule has 3 rings (SSSR count). The average molecular weight is 357 g/mol. The summed E-state index contributed by atoms with van der Waals surface area (Å²) >= 11 is 1.70. The molecule has 0 atom stereocenters. The van der Waals surface area contributed by atoms with Gasteiger partial charge in [-0.05, 0) is 38.5 Å². The van der Waals surface area contributed by atoms with Crippen molar-refractivity contribution < 1.29 is 9.47 Å². The molecule has 2 aromatic heterocycles. The second-order valence-electron chi connectivity index (χ2n) is 5.71. The lowest BCUT2D eigenvalue weighted by molar-refractivity contribution is 0.210. The lowest BCUT2D eigenvalue weighted by Crippen LogP contribution is -2.10. The smallest absolute Gasteiger partial charge is 0.139 e. The SMILES string of the molecule is CCOc1ccc(-c2c(C)sc3nc(C)nc(NCCOC)c23)cc1. The number of hydrogen-bond donors (Lipinski definition) is 1. The first-order valence-electron chi connectivity index (χ1n) is 8.37. The monoisotopic (exact) mass is 357 g/mol. The molecular weight excluding hydrogens is 334 g/mol. The molecule has 0 amide bonds. The maximum absolute atomic E-state index is 5.55. The molecule has 0 radical (unpaired) electrons. The molecule has 0 fully saturated rings. The van der Waals surface area contributed by atoms with Gasteiger partial charge < -0.3 is 14.8 Å². The van der Waals surface area contributed by atoms with Gasteiger partial charge in [0.1, 0.15) is 22.2 Å². The van der Waals surface area contributed by atoms with Crippen LogP contribution in [0, 0.1) is 13.8 Å². The Morgan fingerprint density at radius 1 is 1.12 bits per heavy atom. The minimum atomic E-state index is 0.631. The van der Waals surface area contributed by atoms with Gasteiger partial charge in [0.25, 0.3) is 0 Å². The lowest BCUT2D eigenvalue weighted by atomic mass is 10.0. The minimum Gasteiger partial charge on any atom is -0.494 e. The van der Waals surface area contributed by atoms with Crippen molar-refractivity contribution in [3.8, 4) is 16.9 Å². The second kappa shape index (κ2) is 7.80. The molecule has 132 valence electrons. The van der Waals surface area contributed by atoms with Crippen LogP contribution in [-0.4, -0.2) is 36.8 Å². The molecule has 6 heteroatoms. The maximum Gasteiger partial charge on any atom is 0.139 e. The van der Waals surface area contributed by atoms with Gasteiger partial charge in [0.2, 0.25) is 0 Å². The number of aromatic nitrogens is 2. The first-order valence-corrected chi connectivity index (χ1v) is 9.19. The number of anilines is 1. The van der Waals surface area contributed by atoms with E-state index in [1.165, 1.54) is 10.4 Å². The molecule has 3 aromatic rings. The van der Waals surface area contributed by atoms with Crippen LogP contribution in [0.15, 0.2) is 24.3 Å². The fourth-order valence-corrected chi connectivity index (χ4v) is 3.94. The van der Waals surface area contributed by atoms with Gasteiger partial charge in [0.05, 0.1) is 18.6 Å². The van der Waals surface area contributed by atoms with E-state index in [4.69, 9.17) is 9.47 Å². The van der Waals surface area contributed by atoms with E-state index in [1.807, 2.05) is 26.0 Å². The summed E-state index contributed by atoms with van der Waals surface area (Å²) in [5.74, 6) is 2.52. The number of nitrogens with zero attached hydrogens (tertiary/aromatic N) is 2. The van der Waals surface area contributed by atoms with Crippen LogP contribution in [-0.2, 0) is 4.74 Å². The number of fused-ring (bicyclic) bond motifs is 1. The average Bonchev–Trinajstić information content (AvgIpc) is 2.92. The Morgan fingerprint density at radius 3 is 2.56 bits per heavy atom. The molecule has 0 aliphatic carbocycles. The van der Waals surface area contributed by atoms with E-state index in [1.54, 1.807) is 18.4 Å². The topological polar surface area (TPSA) is 56.3 Å². The quantitative estimate of drug-likeness (QED) is 0.634. The largest absolute Gasteiger partial charge is 0.494 e. The third-order valence-electron chi connectivity index (χ3n) is 3.89. The predicted molar refractivity (Wildman–Crippen MR) is 104 cm³/mol. The van der Waals surface area contributed by atoms with E-state index in [0.717, 1.165) is 33.2 Å². The van der Waals surface area contributed by atoms with E-state index in [-0.39, 0.29) is 0 Å². The Kier molecular flexibility index (Phi) is 5.50. The van der Waals surface area contributed by atoms with Crippen molar-refractivity contribution in [3.05, 3.63) is 35.0 Å². The lowest BCUT2D eigenvalue weighted by Gasteiger charge is -2.10. The predicted octanol–water partition coefficient (Wildman–Crippen LogP) is 4.43. The number of nitrogens with one attached hydrogen (secondary N) is 1. The highest BCUT2D eigenvalue weighted by atomic mass is 32.1. The van der Waals surface area contributed by atoms with Crippen LogP contribution >= 0.6 is 11.3 Å². The Labute approximate surface area is 152 Å². The van der Waals surface area contributed by atoms with Gasteiger partial charge in [-0.2, -0.15) is 0 Å². The molecule has 0 saturated heterocycles.